The molecule has 0 atom stereocenters. The Hall–Kier alpha value is -4.04. The van der Waals surface area contributed by atoms with Crippen LogP contribution in [0.2, 0.25) is 0 Å². The lowest BCUT2D eigenvalue weighted by molar-refractivity contribution is 0.0785. The zero-order valence-corrected chi connectivity index (χ0v) is 22.1. The number of anilines is 2. The SMILES string of the molecule is CC(C)(O)c1cc(-c2nccc(Nc3ccc4c(c3)C(C)(C)CNC4=O)n2)ccc1-n1cnc(C2CC2)c1. The van der Waals surface area contributed by atoms with Crippen molar-refractivity contribution in [3.05, 3.63) is 83.6 Å². The van der Waals surface area contributed by atoms with Crippen molar-refractivity contribution in [2.24, 2.45) is 0 Å². The number of benzene rings is 2. The summed E-state index contributed by atoms with van der Waals surface area (Å²) in [5.41, 5.74) is 4.89. The van der Waals surface area contributed by atoms with Crippen LogP contribution < -0.4 is 10.6 Å². The highest BCUT2D eigenvalue weighted by Crippen LogP contribution is 2.40. The monoisotopic (exact) mass is 508 g/mol. The number of hydrogen-bond donors (Lipinski definition) is 3. The minimum atomic E-state index is -1.08. The molecule has 0 bridgehead atoms. The molecule has 0 radical (unpaired) electrons. The summed E-state index contributed by atoms with van der Waals surface area (Å²) in [5, 5.41) is 17.4. The van der Waals surface area contributed by atoms with Crippen LogP contribution in [0.3, 0.4) is 0 Å². The van der Waals surface area contributed by atoms with Crippen molar-refractivity contribution < 1.29 is 9.90 Å². The molecule has 4 aromatic rings. The summed E-state index contributed by atoms with van der Waals surface area (Å²) in [5.74, 6) is 1.71. The van der Waals surface area contributed by atoms with Crippen LogP contribution in [0.25, 0.3) is 17.1 Å². The number of fused-ring (bicyclic) bond motifs is 1. The molecule has 2 aromatic carbocycles. The molecule has 1 aliphatic carbocycles. The van der Waals surface area contributed by atoms with Gasteiger partial charge >= 0.3 is 0 Å². The van der Waals surface area contributed by atoms with Gasteiger partial charge in [-0.2, -0.15) is 0 Å². The predicted molar refractivity (Wildman–Crippen MR) is 147 cm³/mol. The van der Waals surface area contributed by atoms with Gasteiger partial charge in [0.05, 0.1) is 23.3 Å². The smallest absolute Gasteiger partial charge is 0.251 e. The topological polar surface area (TPSA) is 105 Å². The summed E-state index contributed by atoms with van der Waals surface area (Å²) in [4.78, 5) is 26.2. The minimum absolute atomic E-state index is 0.0410. The highest BCUT2D eigenvalue weighted by Gasteiger charge is 2.32. The largest absolute Gasteiger partial charge is 0.386 e. The molecule has 6 rings (SSSR count). The van der Waals surface area contributed by atoms with Crippen LogP contribution in [0.15, 0.2) is 61.2 Å². The van der Waals surface area contributed by atoms with E-state index in [9.17, 15) is 9.90 Å². The highest BCUT2D eigenvalue weighted by molar-refractivity contribution is 5.98. The number of imidazole rings is 1. The van der Waals surface area contributed by atoms with E-state index in [4.69, 9.17) is 4.98 Å². The van der Waals surface area contributed by atoms with E-state index in [2.05, 4.69) is 40.6 Å². The van der Waals surface area contributed by atoms with Crippen LogP contribution in [0, 0.1) is 0 Å². The Bertz CT molecular complexity index is 1540. The lowest BCUT2D eigenvalue weighted by atomic mass is 9.79. The number of amides is 1. The Kier molecular flexibility index (Phi) is 5.61. The van der Waals surface area contributed by atoms with Gasteiger partial charge in [-0.25, -0.2) is 15.0 Å². The molecule has 2 aliphatic rings. The molecule has 1 aliphatic heterocycles. The van der Waals surface area contributed by atoms with E-state index in [1.165, 1.54) is 12.8 Å². The molecule has 0 unspecified atom stereocenters. The van der Waals surface area contributed by atoms with E-state index < -0.39 is 5.60 Å². The lowest BCUT2D eigenvalue weighted by Crippen LogP contribution is -2.43. The van der Waals surface area contributed by atoms with Crippen LogP contribution in [0.5, 0.6) is 0 Å². The van der Waals surface area contributed by atoms with E-state index in [1.807, 2.05) is 53.4 Å². The van der Waals surface area contributed by atoms with Gasteiger partial charge in [0.15, 0.2) is 5.82 Å². The standard InChI is InChI=1S/C30H32N6O2/c1-29(2)16-32-28(37)21-9-8-20(14-22(21)29)34-26-11-12-31-27(35-26)19-7-10-25(23(13-19)30(3,4)38)36-15-24(33-17-36)18-5-6-18/h7-15,17-18,38H,5-6,16H2,1-4H3,(H,32,37)(H,31,34,35). The number of nitrogens with one attached hydrogen (secondary N) is 2. The molecule has 2 aromatic heterocycles. The number of nitrogens with zero attached hydrogens (tertiary/aromatic N) is 4. The van der Waals surface area contributed by atoms with Crippen LogP contribution in [-0.2, 0) is 11.0 Å². The maximum absolute atomic E-state index is 12.3. The zero-order valence-electron chi connectivity index (χ0n) is 22.1. The Balaban J connectivity index is 1.32. The molecule has 3 heterocycles. The van der Waals surface area contributed by atoms with Gasteiger partial charge in [0, 0.05) is 52.6 Å². The van der Waals surface area contributed by atoms with Crippen molar-refractivity contribution in [3.8, 4) is 17.1 Å². The van der Waals surface area contributed by atoms with E-state index in [1.54, 1.807) is 20.0 Å². The summed E-state index contributed by atoms with van der Waals surface area (Å²) in [6.07, 6.45) is 7.98. The molecule has 38 heavy (non-hydrogen) atoms. The number of aliphatic hydroxyl groups is 1. The second kappa shape index (κ2) is 8.77. The third kappa shape index (κ3) is 4.56. The van der Waals surface area contributed by atoms with Gasteiger partial charge in [-0.3, -0.25) is 4.79 Å². The number of hydrogen-bond acceptors (Lipinski definition) is 6. The molecule has 194 valence electrons. The van der Waals surface area contributed by atoms with Crippen molar-refractivity contribution in [3.63, 3.8) is 0 Å². The first kappa shape index (κ1) is 24.3. The molecule has 8 nitrogen and oxygen atoms in total. The van der Waals surface area contributed by atoms with Crippen LogP contribution in [-0.4, -0.2) is 37.1 Å². The minimum Gasteiger partial charge on any atom is -0.386 e. The zero-order chi connectivity index (χ0) is 26.7. The number of aromatic nitrogens is 4. The molecule has 1 amide bonds. The Labute approximate surface area is 222 Å². The molecule has 0 spiro atoms. The van der Waals surface area contributed by atoms with Gasteiger partial charge in [-0.05, 0) is 74.7 Å². The number of carbonyl (C=O) groups excluding carboxylic acids is 1. The second-order valence-corrected chi connectivity index (χ2v) is 11.5. The van der Waals surface area contributed by atoms with Crippen molar-refractivity contribution in [1.82, 2.24) is 24.8 Å². The average Bonchev–Trinajstić information content (AvgIpc) is 3.62. The number of carbonyl (C=O) groups is 1. The van der Waals surface area contributed by atoms with Crippen molar-refractivity contribution in [2.75, 3.05) is 11.9 Å². The molecule has 8 heteroatoms. The Morgan fingerprint density at radius 3 is 2.68 bits per heavy atom. The molecular formula is C30H32N6O2. The second-order valence-electron chi connectivity index (χ2n) is 11.5. The predicted octanol–water partition coefficient (Wildman–Crippen LogP) is 5.20. The third-order valence-electron chi connectivity index (χ3n) is 7.40. The Morgan fingerprint density at radius 2 is 1.92 bits per heavy atom. The average molecular weight is 509 g/mol. The number of rotatable bonds is 6. The summed E-state index contributed by atoms with van der Waals surface area (Å²) < 4.78 is 1.99. The van der Waals surface area contributed by atoms with Gasteiger partial charge in [0.2, 0.25) is 0 Å². The lowest BCUT2D eigenvalue weighted by Gasteiger charge is -2.32. The van der Waals surface area contributed by atoms with Gasteiger partial charge in [0.1, 0.15) is 5.82 Å². The van der Waals surface area contributed by atoms with E-state index in [-0.39, 0.29) is 11.3 Å². The quantitative estimate of drug-likeness (QED) is 0.331. The van der Waals surface area contributed by atoms with E-state index >= 15 is 0 Å². The third-order valence-corrected chi connectivity index (χ3v) is 7.40. The van der Waals surface area contributed by atoms with Crippen LogP contribution in [0.1, 0.15) is 73.6 Å². The van der Waals surface area contributed by atoms with Crippen LogP contribution >= 0.6 is 0 Å². The van der Waals surface area contributed by atoms with Gasteiger partial charge in [0.25, 0.3) is 5.91 Å². The summed E-state index contributed by atoms with van der Waals surface area (Å²) in [6.45, 7) is 8.41. The summed E-state index contributed by atoms with van der Waals surface area (Å²) in [7, 11) is 0. The Morgan fingerprint density at radius 1 is 1.11 bits per heavy atom. The maximum atomic E-state index is 12.3. The first-order chi connectivity index (χ1) is 18.1. The van der Waals surface area contributed by atoms with E-state index in [0.717, 1.165) is 33.8 Å². The fourth-order valence-corrected chi connectivity index (χ4v) is 5.04. The maximum Gasteiger partial charge on any atom is 0.251 e. The highest BCUT2D eigenvalue weighted by atomic mass is 16.3. The van der Waals surface area contributed by atoms with Crippen molar-refractivity contribution in [2.45, 2.75) is 57.5 Å². The van der Waals surface area contributed by atoms with Gasteiger partial charge in [-0.15, -0.1) is 0 Å². The summed E-state index contributed by atoms with van der Waals surface area (Å²) in [6, 6.07) is 13.5. The molecule has 1 fully saturated rings. The van der Waals surface area contributed by atoms with Gasteiger partial charge in [-0.1, -0.05) is 13.8 Å². The van der Waals surface area contributed by atoms with Crippen LogP contribution in [0.4, 0.5) is 11.5 Å². The van der Waals surface area contributed by atoms with Gasteiger partial charge < -0.3 is 20.3 Å². The normalized spacial score (nSPS) is 16.6. The first-order valence-corrected chi connectivity index (χ1v) is 13.0. The fourth-order valence-electron chi connectivity index (χ4n) is 5.04. The molecule has 3 N–H and O–H groups in total. The van der Waals surface area contributed by atoms with E-state index in [0.29, 0.717) is 29.7 Å². The van der Waals surface area contributed by atoms with Crippen molar-refractivity contribution >= 4 is 17.4 Å². The molecule has 1 saturated carbocycles. The first-order valence-electron chi connectivity index (χ1n) is 13.0. The molecular weight excluding hydrogens is 476 g/mol. The summed E-state index contributed by atoms with van der Waals surface area (Å²) >= 11 is 0. The molecule has 0 saturated heterocycles. The fraction of sp³-hybridized carbons (Fsp3) is 0.333. The van der Waals surface area contributed by atoms with Crippen molar-refractivity contribution in [1.29, 1.82) is 0 Å².